The summed E-state index contributed by atoms with van der Waals surface area (Å²) >= 11 is 0. The quantitative estimate of drug-likeness (QED) is 0.609. The number of imide groups is 1. The molecule has 0 unspecified atom stereocenters. The molecule has 2 fully saturated rings. The summed E-state index contributed by atoms with van der Waals surface area (Å²) < 4.78 is 5.28. The summed E-state index contributed by atoms with van der Waals surface area (Å²) in [5.74, 6) is 0.573. The van der Waals surface area contributed by atoms with Crippen molar-refractivity contribution >= 4 is 17.5 Å². The Kier molecular flexibility index (Phi) is 2.31. The Balaban J connectivity index is 1.78. The van der Waals surface area contributed by atoms with E-state index in [0.717, 1.165) is 6.42 Å². The van der Waals surface area contributed by atoms with Gasteiger partial charge in [-0.3, -0.25) is 9.59 Å². The number of hydrogen-bond donors (Lipinski definition) is 0. The number of fused-ring (bicyclic) bond motifs is 5. The number of carbonyl (C=O) groups excluding carboxylic acids is 2. The fourth-order valence-electron chi connectivity index (χ4n) is 3.95. The predicted octanol–water partition coefficient (Wildman–Crippen LogP) is 2.01. The van der Waals surface area contributed by atoms with E-state index in [2.05, 4.69) is 12.2 Å². The number of methoxy groups -OCH3 is 1. The average molecular weight is 269 g/mol. The number of para-hydroxylation sites is 2. The minimum atomic E-state index is -0.164. The Morgan fingerprint density at radius 2 is 1.65 bits per heavy atom. The lowest BCUT2D eigenvalue weighted by molar-refractivity contribution is -0.123. The standard InChI is InChI=1S/C16H15NO3/c1-20-12-5-3-2-4-11(12)17-15(18)13-9-6-7-10(8-9)14(13)16(17)19/h2-7,9-10,13-14H,8H2,1H3/t9-,10+,13+,14-. The summed E-state index contributed by atoms with van der Waals surface area (Å²) in [5, 5.41) is 0. The van der Waals surface area contributed by atoms with Crippen molar-refractivity contribution in [3.05, 3.63) is 36.4 Å². The Morgan fingerprint density at radius 3 is 2.25 bits per heavy atom. The SMILES string of the molecule is COc1ccccc1N1C(=O)[C@@H]2[C@H](C1=O)[C@H]1C=C[C@@H]2C1. The smallest absolute Gasteiger partial charge is 0.238 e. The summed E-state index contributed by atoms with van der Waals surface area (Å²) in [6, 6.07) is 7.20. The summed E-state index contributed by atoms with van der Waals surface area (Å²) in [4.78, 5) is 26.7. The molecule has 1 aliphatic heterocycles. The predicted molar refractivity (Wildman–Crippen MR) is 73.2 cm³/mol. The van der Waals surface area contributed by atoms with Crippen LogP contribution in [0.2, 0.25) is 0 Å². The van der Waals surface area contributed by atoms with Gasteiger partial charge in [0, 0.05) is 0 Å². The van der Waals surface area contributed by atoms with E-state index in [9.17, 15) is 9.59 Å². The minimum absolute atomic E-state index is 0.0682. The van der Waals surface area contributed by atoms with Crippen LogP contribution in [-0.2, 0) is 9.59 Å². The first-order valence-electron chi connectivity index (χ1n) is 6.91. The zero-order valence-electron chi connectivity index (χ0n) is 11.2. The van der Waals surface area contributed by atoms with Gasteiger partial charge in [-0.2, -0.15) is 0 Å². The van der Waals surface area contributed by atoms with Gasteiger partial charge in [-0.1, -0.05) is 24.3 Å². The lowest BCUT2D eigenvalue weighted by Gasteiger charge is -2.19. The van der Waals surface area contributed by atoms with Gasteiger partial charge in [0.1, 0.15) is 5.75 Å². The van der Waals surface area contributed by atoms with Crippen molar-refractivity contribution in [2.45, 2.75) is 6.42 Å². The van der Waals surface area contributed by atoms with Crippen LogP contribution in [0.3, 0.4) is 0 Å². The largest absolute Gasteiger partial charge is 0.495 e. The number of benzene rings is 1. The molecule has 1 saturated carbocycles. The van der Waals surface area contributed by atoms with Crippen LogP contribution in [0.25, 0.3) is 0 Å². The van der Waals surface area contributed by atoms with Crippen molar-refractivity contribution in [2.75, 3.05) is 12.0 Å². The first-order chi connectivity index (χ1) is 9.72. The number of rotatable bonds is 2. The molecular formula is C16H15NO3. The molecule has 1 aromatic carbocycles. The molecule has 1 saturated heterocycles. The Labute approximate surface area is 117 Å². The van der Waals surface area contributed by atoms with Crippen LogP contribution < -0.4 is 9.64 Å². The number of hydrogen-bond acceptors (Lipinski definition) is 3. The van der Waals surface area contributed by atoms with Gasteiger partial charge in [0.05, 0.1) is 24.6 Å². The van der Waals surface area contributed by atoms with Gasteiger partial charge in [-0.05, 0) is 30.4 Å². The molecule has 2 aliphatic carbocycles. The minimum Gasteiger partial charge on any atom is -0.495 e. The first kappa shape index (κ1) is 11.7. The van der Waals surface area contributed by atoms with Crippen molar-refractivity contribution in [3.63, 3.8) is 0 Å². The Bertz CT molecular complexity index is 606. The van der Waals surface area contributed by atoms with Crippen LogP contribution in [0, 0.1) is 23.7 Å². The van der Waals surface area contributed by atoms with Crippen LogP contribution in [0.15, 0.2) is 36.4 Å². The summed E-state index contributed by atoms with van der Waals surface area (Å²) in [6.45, 7) is 0. The third-order valence-electron chi connectivity index (χ3n) is 4.80. The lowest BCUT2D eigenvalue weighted by Crippen LogP contribution is -2.33. The third-order valence-corrected chi connectivity index (χ3v) is 4.80. The molecule has 2 amide bonds. The zero-order chi connectivity index (χ0) is 13.9. The van der Waals surface area contributed by atoms with Crippen LogP contribution in [0.5, 0.6) is 5.75 Å². The molecule has 3 aliphatic rings. The molecule has 102 valence electrons. The van der Waals surface area contributed by atoms with E-state index >= 15 is 0 Å². The number of carbonyl (C=O) groups is 2. The van der Waals surface area contributed by atoms with E-state index in [-0.39, 0.29) is 35.5 Å². The maximum absolute atomic E-state index is 12.7. The van der Waals surface area contributed by atoms with Crippen LogP contribution >= 0.6 is 0 Å². The molecule has 4 atom stereocenters. The van der Waals surface area contributed by atoms with E-state index in [1.54, 1.807) is 19.2 Å². The molecule has 0 N–H and O–H groups in total. The Morgan fingerprint density at radius 1 is 1.05 bits per heavy atom. The van der Waals surface area contributed by atoms with Gasteiger partial charge < -0.3 is 4.74 Å². The number of amides is 2. The van der Waals surface area contributed by atoms with Gasteiger partial charge in [0.25, 0.3) is 0 Å². The van der Waals surface area contributed by atoms with Crippen molar-refractivity contribution < 1.29 is 14.3 Å². The second-order valence-corrected chi connectivity index (χ2v) is 5.68. The van der Waals surface area contributed by atoms with E-state index in [0.29, 0.717) is 11.4 Å². The molecule has 4 rings (SSSR count). The first-order valence-corrected chi connectivity index (χ1v) is 6.91. The zero-order valence-corrected chi connectivity index (χ0v) is 11.2. The molecule has 0 radical (unpaired) electrons. The number of anilines is 1. The molecule has 0 spiro atoms. The Hall–Kier alpha value is -2.10. The van der Waals surface area contributed by atoms with Crippen LogP contribution in [0.4, 0.5) is 5.69 Å². The van der Waals surface area contributed by atoms with E-state index in [4.69, 9.17) is 4.74 Å². The van der Waals surface area contributed by atoms with Crippen molar-refractivity contribution in [1.82, 2.24) is 0 Å². The highest BCUT2D eigenvalue weighted by Crippen LogP contribution is 2.53. The third kappa shape index (κ3) is 1.31. The molecule has 4 nitrogen and oxygen atoms in total. The fourth-order valence-corrected chi connectivity index (χ4v) is 3.95. The number of nitrogens with zero attached hydrogens (tertiary/aromatic N) is 1. The van der Waals surface area contributed by atoms with E-state index < -0.39 is 0 Å². The van der Waals surface area contributed by atoms with Gasteiger partial charge in [-0.15, -0.1) is 0 Å². The molecule has 0 aromatic heterocycles. The van der Waals surface area contributed by atoms with Gasteiger partial charge in [0.2, 0.25) is 11.8 Å². The highest BCUT2D eigenvalue weighted by molar-refractivity contribution is 6.23. The van der Waals surface area contributed by atoms with Gasteiger partial charge >= 0.3 is 0 Å². The molecule has 1 aromatic rings. The summed E-state index contributed by atoms with van der Waals surface area (Å²) in [6.07, 6.45) is 5.15. The highest BCUT2D eigenvalue weighted by atomic mass is 16.5. The molecule has 1 heterocycles. The molecule has 2 bridgehead atoms. The second kappa shape index (κ2) is 3.95. The van der Waals surface area contributed by atoms with Crippen molar-refractivity contribution in [1.29, 1.82) is 0 Å². The van der Waals surface area contributed by atoms with Gasteiger partial charge in [0.15, 0.2) is 0 Å². The number of allylic oxidation sites excluding steroid dienone is 2. The molecule has 20 heavy (non-hydrogen) atoms. The van der Waals surface area contributed by atoms with Crippen molar-refractivity contribution in [3.8, 4) is 5.75 Å². The van der Waals surface area contributed by atoms with Crippen LogP contribution in [-0.4, -0.2) is 18.9 Å². The van der Waals surface area contributed by atoms with Crippen molar-refractivity contribution in [2.24, 2.45) is 23.7 Å². The average Bonchev–Trinajstić information content (AvgIpc) is 3.13. The fraction of sp³-hybridized carbons (Fsp3) is 0.375. The van der Waals surface area contributed by atoms with Gasteiger partial charge in [-0.25, -0.2) is 4.90 Å². The normalized spacial score (nSPS) is 34.0. The topological polar surface area (TPSA) is 46.6 Å². The lowest BCUT2D eigenvalue weighted by atomic mass is 9.85. The number of ether oxygens (including phenoxy) is 1. The van der Waals surface area contributed by atoms with E-state index in [1.807, 2.05) is 12.1 Å². The second-order valence-electron chi connectivity index (χ2n) is 5.68. The van der Waals surface area contributed by atoms with Crippen LogP contribution in [0.1, 0.15) is 6.42 Å². The summed E-state index contributed by atoms with van der Waals surface area (Å²) in [7, 11) is 1.55. The summed E-state index contributed by atoms with van der Waals surface area (Å²) in [5.41, 5.74) is 0.568. The highest BCUT2D eigenvalue weighted by Gasteiger charge is 2.59. The molecular weight excluding hydrogens is 254 g/mol. The maximum atomic E-state index is 12.7. The monoisotopic (exact) mass is 269 g/mol. The van der Waals surface area contributed by atoms with E-state index in [1.165, 1.54) is 4.90 Å². The maximum Gasteiger partial charge on any atom is 0.238 e. The molecule has 4 heteroatoms.